The number of aromatic nitrogens is 2. The summed E-state index contributed by atoms with van der Waals surface area (Å²) in [6.07, 6.45) is -4.46. The Bertz CT molecular complexity index is 648. The number of fused-ring (bicyclic) bond motifs is 1. The van der Waals surface area contributed by atoms with Crippen LogP contribution in [-0.4, -0.2) is 35.1 Å². The molecular formula is C13H13F3N4O. The number of carbonyl (C=O) groups excluding carboxylic acids is 1. The van der Waals surface area contributed by atoms with Gasteiger partial charge in [-0.15, -0.1) is 0 Å². The topological polar surface area (TPSA) is 75.0 Å². The Morgan fingerprint density at radius 2 is 2.05 bits per heavy atom. The van der Waals surface area contributed by atoms with E-state index >= 15 is 0 Å². The van der Waals surface area contributed by atoms with E-state index in [2.05, 4.69) is 9.97 Å². The number of nitrogens with two attached hydrogens (primary N) is 1. The Morgan fingerprint density at radius 3 is 2.62 bits per heavy atom. The number of amides is 1. The molecule has 1 saturated heterocycles. The molecule has 0 bridgehead atoms. The van der Waals surface area contributed by atoms with Crippen molar-refractivity contribution in [2.75, 3.05) is 18.0 Å². The Kier molecular flexibility index (Phi) is 3.03. The summed E-state index contributed by atoms with van der Waals surface area (Å²) in [7, 11) is 0. The molecule has 0 saturated carbocycles. The van der Waals surface area contributed by atoms with Crippen molar-refractivity contribution in [1.29, 1.82) is 0 Å². The van der Waals surface area contributed by atoms with Gasteiger partial charge in [0.15, 0.2) is 0 Å². The van der Waals surface area contributed by atoms with Gasteiger partial charge in [-0.3, -0.25) is 4.79 Å². The van der Waals surface area contributed by atoms with Crippen molar-refractivity contribution in [3.8, 4) is 0 Å². The van der Waals surface area contributed by atoms with Crippen LogP contribution in [0.3, 0.4) is 0 Å². The third-order valence-electron chi connectivity index (χ3n) is 3.78. The standard InChI is InChI=1S/C13H13F3N4O/c14-13(15,16)8-6-20(5-7(8)11(17)21)12-18-9-3-1-2-4-10(9)19-12/h1-4,7-8H,5-6H2,(H2,17,21)(H,18,19)/t7-,8-/m1/s1. The van der Waals surface area contributed by atoms with Crippen molar-refractivity contribution in [3.63, 3.8) is 0 Å². The van der Waals surface area contributed by atoms with Crippen molar-refractivity contribution >= 4 is 22.9 Å². The predicted molar refractivity (Wildman–Crippen MR) is 70.5 cm³/mol. The first-order chi connectivity index (χ1) is 9.86. The van der Waals surface area contributed by atoms with Crippen molar-refractivity contribution < 1.29 is 18.0 Å². The number of anilines is 1. The van der Waals surface area contributed by atoms with Crippen molar-refractivity contribution in [3.05, 3.63) is 24.3 Å². The minimum atomic E-state index is -4.46. The first kappa shape index (κ1) is 13.7. The van der Waals surface area contributed by atoms with E-state index in [4.69, 9.17) is 5.73 Å². The highest BCUT2D eigenvalue weighted by Crippen LogP contribution is 2.38. The summed E-state index contributed by atoms with van der Waals surface area (Å²) >= 11 is 0. The van der Waals surface area contributed by atoms with Crippen LogP contribution in [0.1, 0.15) is 0 Å². The predicted octanol–water partition coefficient (Wildman–Crippen LogP) is 1.66. The lowest BCUT2D eigenvalue weighted by molar-refractivity contribution is -0.181. The van der Waals surface area contributed by atoms with Gasteiger partial charge >= 0.3 is 6.18 Å². The van der Waals surface area contributed by atoms with Crippen molar-refractivity contribution in [2.24, 2.45) is 17.6 Å². The number of hydrogen-bond donors (Lipinski definition) is 2. The van der Waals surface area contributed by atoms with Gasteiger partial charge in [0.25, 0.3) is 0 Å². The molecular weight excluding hydrogens is 285 g/mol. The Hall–Kier alpha value is -2.25. The molecule has 112 valence electrons. The van der Waals surface area contributed by atoms with Crippen molar-refractivity contribution in [1.82, 2.24) is 9.97 Å². The monoisotopic (exact) mass is 298 g/mol. The highest BCUT2D eigenvalue weighted by atomic mass is 19.4. The van der Waals surface area contributed by atoms with Crippen LogP contribution in [0.15, 0.2) is 24.3 Å². The summed E-state index contributed by atoms with van der Waals surface area (Å²) in [4.78, 5) is 19.9. The van der Waals surface area contributed by atoms with Crippen LogP contribution >= 0.6 is 0 Å². The molecule has 2 atom stereocenters. The number of hydrogen-bond acceptors (Lipinski definition) is 3. The maximum atomic E-state index is 13.0. The number of rotatable bonds is 2. The van der Waals surface area contributed by atoms with Crippen LogP contribution in [0.25, 0.3) is 11.0 Å². The third-order valence-corrected chi connectivity index (χ3v) is 3.78. The molecule has 1 amide bonds. The van der Waals surface area contributed by atoms with Crippen LogP contribution in [0.5, 0.6) is 0 Å². The number of carbonyl (C=O) groups is 1. The number of alkyl halides is 3. The van der Waals surface area contributed by atoms with Gasteiger partial charge in [0.2, 0.25) is 11.9 Å². The van der Waals surface area contributed by atoms with E-state index in [0.29, 0.717) is 11.5 Å². The Morgan fingerprint density at radius 1 is 1.33 bits per heavy atom. The molecule has 8 heteroatoms. The number of imidazole rings is 1. The highest BCUT2D eigenvalue weighted by molar-refractivity contribution is 5.80. The number of benzene rings is 1. The minimum Gasteiger partial charge on any atom is -0.369 e. The molecule has 0 aliphatic carbocycles. The van der Waals surface area contributed by atoms with Gasteiger partial charge in [-0.2, -0.15) is 13.2 Å². The maximum Gasteiger partial charge on any atom is 0.394 e. The van der Waals surface area contributed by atoms with Gasteiger partial charge in [0, 0.05) is 13.1 Å². The largest absolute Gasteiger partial charge is 0.394 e. The van der Waals surface area contributed by atoms with Gasteiger partial charge in [-0.25, -0.2) is 4.98 Å². The summed E-state index contributed by atoms with van der Waals surface area (Å²) in [5, 5.41) is 0. The zero-order valence-corrected chi connectivity index (χ0v) is 10.9. The average molecular weight is 298 g/mol. The number of H-pyrrole nitrogens is 1. The molecule has 0 spiro atoms. The summed E-state index contributed by atoms with van der Waals surface area (Å²) in [6.45, 7) is -0.406. The Labute approximate surface area is 117 Å². The lowest BCUT2D eigenvalue weighted by Crippen LogP contribution is -2.37. The summed E-state index contributed by atoms with van der Waals surface area (Å²) in [5.74, 6) is -3.62. The fraction of sp³-hybridized carbons (Fsp3) is 0.385. The maximum absolute atomic E-state index is 13.0. The van der Waals surface area contributed by atoms with Crippen LogP contribution < -0.4 is 10.6 Å². The molecule has 1 aliphatic rings. The lowest BCUT2D eigenvalue weighted by Gasteiger charge is -2.18. The van der Waals surface area contributed by atoms with Gasteiger partial charge in [-0.05, 0) is 12.1 Å². The number of nitrogens with zero attached hydrogens (tertiary/aromatic N) is 2. The molecule has 1 aromatic heterocycles. The van der Waals surface area contributed by atoms with E-state index in [0.717, 1.165) is 5.52 Å². The highest BCUT2D eigenvalue weighted by Gasteiger charge is 2.52. The van der Waals surface area contributed by atoms with Gasteiger partial charge in [0.05, 0.1) is 22.9 Å². The number of halogens is 3. The lowest BCUT2D eigenvalue weighted by atomic mass is 9.95. The van der Waals surface area contributed by atoms with E-state index in [1.165, 1.54) is 4.90 Å². The normalized spacial score (nSPS) is 22.9. The van der Waals surface area contributed by atoms with Crippen LogP contribution in [0.4, 0.5) is 19.1 Å². The third kappa shape index (κ3) is 2.41. The van der Waals surface area contributed by atoms with Gasteiger partial charge in [-0.1, -0.05) is 12.1 Å². The second-order valence-electron chi connectivity index (χ2n) is 5.14. The van der Waals surface area contributed by atoms with Crippen molar-refractivity contribution in [2.45, 2.75) is 6.18 Å². The molecule has 0 radical (unpaired) electrons. The SMILES string of the molecule is NC(=O)[C@@H]1CN(c2nc3ccccc3[nH]2)C[C@H]1C(F)(F)F. The van der Waals surface area contributed by atoms with Gasteiger partial charge < -0.3 is 15.6 Å². The van der Waals surface area contributed by atoms with E-state index in [1.54, 1.807) is 24.3 Å². The molecule has 3 rings (SSSR count). The molecule has 3 N–H and O–H groups in total. The molecule has 2 heterocycles. The Balaban J connectivity index is 1.91. The minimum absolute atomic E-state index is 0.0840. The first-order valence-electron chi connectivity index (χ1n) is 6.42. The fourth-order valence-electron chi connectivity index (χ4n) is 2.69. The molecule has 2 aromatic rings. The van der Waals surface area contributed by atoms with E-state index in [1.807, 2.05) is 0 Å². The number of para-hydroxylation sites is 2. The quantitative estimate of drug-likeness (QED) is 0.885. The first-order valence-corrected chi connectivity index (χ1v) is 6.42. The second-order valence-corrected chi connectivity index (χ2v) is 5.14. The van der Waals surface area contributed by atoms with E-state index in [9.17, 15) is 18.0 Å². The van der Waals surface area contributed by atoms with Gasteiger partial charge in [0.1, 0.15) is 0 Å². The summed E-state index contributed by atoms with van der Waals surface area (Å²) < 4.78 is 39.0. The molecule has 5 nitrogen and oxygen atoms in total. The smallest absolute Gasteiger partial charge is 0.369 e. The molecule has 0 unspecified atom stereocenters. The van der Waals surface area contributed by atoms with Crippen LogP contribution in [-0.2, 0) is 4.79 Å². The fourth-order valence-corrected chi connectivity index (χ4v) is 2.69. The molecule has 1 aromatic carbocycles. The number of primary amides is 1. The van der Waals surface area contributed by atoms with E-state index in [-0.39, 0.29) is 13.1 Å². The van der Waals surface area contributed by atoms with Crippen LogP contribution in [0.2, 0.25) is 0 Å². The average Bonchev–Trinajstić information content (AvgIpc) is 3.02. The zero-order valence-electron chi connectivity index (χ0n) is 10.9. The molecule has 1 fully saturated rings. The number of aromatic amines is 1. The van der Waals surface area contributed by atoms with Crippen LogP contribution in [0, 0.1) is 11.8 Å². The second kappa shape index (κ2) is 4.64. The summed E-state index contributed by atoms with van der Waals surface area (Å²) in [5.41, 5.74) is 6.50. The molecule has 1 aliphatic heterocycles. The molecule has 21 heavy (non-hydrogen) atoms. The van der Waals surface area contributed by atoms with E-state index < -0.39 is 23.9 Å². The number of nitrogens with one attached hydrogen (secondary N) is 1. The summed E-state index contributed by atoms with van der Waals surface area (Å²) in [6, 6.07) is 7.15. The zero-order chi connectivity index (χ0) is 15.2.